The summed E-state index contributed by atoms with van der Waals surface area (Å²) in [6.45, 7) is 5.29. The van der Waals surface area contributed by atoms with Crippen molar-refractivity contribution in [3.63, 3.8) is 0 Å². The Kier molecular flexibility index (Phi) is 6.41. The summed E-state index contributed by atoms with van der Waals surface area (Å²) < 4.78 is 1.65. The minimum absolute atomic E-state index is 0.0629. The molecule has 7 nitrogen and oxygen atoms in total. The van der Waals surface area contributed by atoms with Gasteiger partial charge in [-0.3, -0.25) is 19.0 Å². The Balaban J connectivity index is 1.67. The van der Waals surface area contributed by atoms with Crippen molar-refractivity contribution >= 4 is 53.7 Å². The highest BCUT2D eigenvalue weighted by molar-refractivity contribution is 6.34. The van der Waals surface area contributed by atoms with E-state index in [-0.39, 0.29) is 41.6 Å². The van der Waals surface area contributed by atoms with Gasteiger partial charge in [0.05, 0.1) is 27.7 Å². The SMILES string of the molecule is Bc1ccc2nc(C3C4CCC(C4)N3C(=O)C(NC(C)=O)C(C)C)n(C(=O)c3ccccc3Cl)c2c1. The lowest BCUT2D eigenvalue weighted by Crippen LogP contribution is -2.53. The molecule has 2 bridgehead atoms. The second-order valence-electron chi connectivity index (χ2n) is 10.4. The molecule has 1 saturated carbocycles. The number of nitrogens with zero attached hydrogens (tertiary/aromatic N) is 3. The van der Waals surface area contributed by atoms with Gasteiger partial charge in [-0.2, -0.15) is 0 Å². The third-order valence-electron chi connectivity index (χ3n) is 7.54. The summed E-state index contributed by atoms with van der Waals surface area (Å²) in [5.41, 5.74) is 2.80. The van der Waals surface area contributed by atoms with Crippen molar-refractivity contribution in [2.24, 2.45) is 11.8 Å². The first-order chi connectivity index (χ1) is 17.2. The van der Waals surface area contributed by atoms with Crippen LogP contribution in [0.2, 0.25) is 5.02 Å². The molecule has 1 N–H and O–H groups in total. The number of hydrogen-bond acceptors (Lipinski definition) is 4. The van der Waals surface area contributed by atoms with Gasteiger partial charge in [-0.15, -0.1) is 0 Å². The highest BCUT2D eigenvalue weighted by Gasteiger charge is 2.52. The zero-order valence-corrected chi connectivity index (χ0v) is 21.7. The highest BCUT2D eigenvalue weighted by Crippen LogP contribution is 2.51. The molecule has 5 rings (SSSR count). The van der Waals surface area contributed by atoms with Crippen LogP contribution >= 0.6 is 11.6 Å². The third kappa shape index (κ3) is 4.11. The van der Waals surface area contributed by atoms with Crippen molar-refractivity contribution < 1.29 is 14.4 Å². The van der Waals surface area contributed by atoms with E-state index >= 15 is 0 Å². The van der Waals surface area contributed by atoms with Crippen LogP contribution in [0.25, 0.3) is 11.0 Å². The standard InChI is InChI=1S/C27H30BClN4O3/c1-14(2)23(30-15(3)34)27(36)32-18-10-8-16(12-18)24(32)25-31-21-11-9-17(28)13-22(21)33(25)26(35)19-6-4-5-7-20(19)29/h4-7,9,11,13-14,16,18,23-24H,8,10,12,28H2,1-3H3,(H,30,34). The number of hydrogen-bond donors (Lipinski definition) is 1. The number of amides is 2. The molecule has 2 aliphatic rings. The third-order valence-corrected chi connectivity index (χ3v) is 7.87. The molecular formula is C27H30BClN4O3. The molecule has 2 aromatic carbocycles. The number of carbonyl (C=O) groups excluding carboxylic acids is 3. The Bertz CT molecular complexity index is 1370. The molecule has 2 amide bonds. The molecule has 3 aromatic rings. The number of fused-ring (bicyclic) bond motifs is 3. The zero-order valence-electron chi connectivity index (χ0n) is 21.0. The second-order valence-corrected chi connectivity index (χ2v) is 10.8. The van der Waals surface area contributed by atoms with Gasteiger partial charge in [0.1, 0.15) is 19.7 Å². The normalized spacial score (nSPS) is 21.8. The molecule has 1 aliphatic carbocycles. The molecule has 0 radical (unpaired) electrons. The minimum Gasteiger partial charge on any atom is -0.344 e. The summed E-state index contributed by atoms with van der Waals surface area (Å²) in [5.74, 6) is 0.0664. The van der Waals surface area contributed by atoms with Gasteiger partial charge in [-0.1, -0.05) is 49.1 Å². The average Bonchev–Trinajstić information content (AvgIpc) is 3.54. The van der Waals surface area contributed by atoms with Crippen LogP contribution in [0.15, 0.2) is 42.5 Å². The van der Waals surface area contributed by atoms with Gasteiger partial charge < -0.3 is 10.2 Å². The van der Waals surface area contributed by atoms with Crippen LogP contribution < -0.4 is 10.8 Å². The first-order valence-electron chi connectivity index (χ1n) is 12.5. The van der Waals surface area contributed by atoms with Crippen LogP contribution in [0.1, 0.15) is 62.3 Å². The number of aromatic nitrogens is 2. The van der Waals surface area contributed by atoms with Crippen molar-refractivity contribution in [3.8, 4) is 0 Å². The maximum atomic E-state index is 14.0. The van der Waals surface area contributed by atoms with Gasteiger partial charge in [0.25, 0.3) is 5.91 Å². The summed E-state index contributed by atoms with van der Waals surface area (Å²) in [7, 11) is 1.98. The van der Waals surface area contributed by atoms with Gasteiger partial charge in [-0.25, -0.2) is 4.98 Å². The van der Waals surface area contributed by atoms with E-state index in [1.807, 2.05) is 44.8 Å². The molecule has 0 spiro atoms. The Morgan fingerprint density at radius 1 is 1.14 bits per heavy atom. The number of likely N-dealkylation sites (tertiary alicyclic amines) is 1. The van der Waals surface area contributed by atoms with Crippen molar-refractivity contribution in [1.82, 2.24) is 19.8 Å². The monoisotopic (exact) mass is 504 g/mol. The van der Waals surface area contributed by atoms with Crippen LogP contribution in [-0.4, -0.2) is 52.1 Å². The Labute approximate surface area is 216 Å². The summed E-state index contributed by atoms with van der Waals surface area (Å²) in [5, 5.41) is 3.22. The molecule has 2 fully saturated rings. The fourth-order valence-electron chi connectivity index (χ4n) is 5.90. The maximum Gasteiger partial charge on any atom is 0.265 e. The molecule has 2 heterocycles. The molecule has 4 unspecified atom stereocenters. The second kappa shape index (κ2) is 9.39. The number of rotatable bonds is 5. The molecule has 1 saturated heterocycles. The molecule has 1 aromatic heterocycles. The summed E-state index contributed by atoms with van der Waals surface area (Å²) in [6.07, 6.45) is 2.74. The van der Waals surface area contributed by atoms with E-state index in [0.717, 1.165) is 24.7 Å². The van der Waals surface area contributed by atoms with Gasteiger partial charge in [0.2, 0.25) is 11.8 Å². The summed E-state index contributed by atoms with van der Waals surface area (Å²) in [4.78, 5) is 46.7. The van der Waals surface area contributed by atoms with Crippen LogP contribution in [-0.2, 0) is 9.59 Å². The van der Waals surface area contributed by atoms with E-state index in [2.05, 4.69) is 5.32 Å². The smallest absolute Gasteiger partial charge is 0.265 e. The zero-order chi connectivity index (χ0) is 25.7. The first kappa shape index (κ1) is 24.6. The first-order valence-corrected chi connectivity index (χ1v) is 12.9. The number of piperidine rings is 1. The summed E-state index contributed by atoms with van der Waals surface area (Å²) in [6, 6.07) is 11.9. The van der Waals surface area contributed by atoms with Gasteiger partial charge in [-0.05, 0) is 55.4 Å². The van der Waals surface area contributed by atoms with Crippen LogP contribution in [0.4, 0.5) is 0 Å². The predicted molar refractivity (Wildman–Crippen MR) is 142 cm³/mol. The van der Waals surface area contributed by atoms with Crippen molar-refractivity contribution in [2.75, 3.05) is 0 Å². The Morgan fingerprint density at radius 3 is 2.58 bits per heavy atom. The fraction of sp³-hybridized carbons (Fsp3) is 0.407. The van der Waals surface area contributed by atoms with Gasteiger partial charge in [0, 0.05) is 13.0 Å². The van der Waals surface area contributed by atoms with Crippen LogP contribution in [0.5, 0.6) is 0 Å². The van der Waals surface area contributed by atoms with Crippen molar-refractivity contribution in [3.05, 3.63) is 58.9 Å². The van der Waals surface area contributed by atoms with E-state index in [4.69, 9.17) is 16.6 Å². The molecular weight excluding hydrogens is 475 g/mol. The van der Waals surface area contributed by atoms with E-state index < -0.39 is 6.04 Å². The fourth-order valence-corrected chi connectivity index (χ4v) is 6.12. The maximum absolute atomic E-state index is 14.0. The quantitative estimate of drug-likeness (QED) is 0.542. The molecule has 36 heavy (non-hydrogen) atoms. The Hall–Kier alpha value is -3.13. The van der Waals surface area contributed by atoms with E-state index in [0.29, 0.717) is 27.4 Å². The van der Waals surface area contributed by atoms with E-state index in [1.165, 1.54) is 6.92 Å². The van der Waals surface area contributed by atoms with E-state index in [9.17, 15) is 14.4 Å². The minimum atomic E-state index is -0.635. The predicted octanol–water partition coefficient (Wildman–Crippen LogP) is 2.85. The average molecular weight is 505 g/mol. The number of nitrogens with one attached hydrogen (secondary N) is 1. The van der Waals surface area contributed by atoms with Crippen LogP contribution in [0.3, 0.4) is 0 Å². The summed E-state index contributed by atoms with van der Waals surface area (Å²) >= 11 is 6.44. The number of halogens is 1. The number of benzene rings is 2. The molecule has 186 valence electrons. The highest BCUT2D eigenvalue weighted by atomic mass is 35.5. The lowest BCUT2D eigenvalue weighted by Gasteiger charge is -2.38. The lowest BCUT2D eigenvalue weighted by atomic mass is 9.95. The Morgan fingerprint density at radius 2 is 1.89 bits per heavy atom. The lowest BCUT2D eigenvalue weighted by molar-refractivity contribution is -0.141. The molecule has 9 heteroatoms. The van der Waals surface area contributed by atoms with Crippen molar-refractivity contribution in [2.45, 2.75) is 58.2 Å². The topological polar surface area (TPSA) is 84.3 Å². The number of carbonyl (C=O) groups is 3. The van der Waals surface area contributed by atoms with E-state index in [1.54, 1.807) is 28.8 Å². The van der Waals surface area contributed by atoms with Crippen LogP contribution in [0, 0.1) is 11.8 Å². The number of imidazole rings is 1. The largest absolute Gasteiger partial charge is 0.344 e. The molecule has 4 atom stereocenters. The van der Waals surface area contributed by atoms with Gasteiger partial charge in [0.15, 0.2) is 0 Å². The van der Waals surface area contributed by atoms with Crippen molar-refractivity contribution in [1.29, 1.82) is 0 Å². The molecule has 1 aliphatic heterocycles. The van der Waals surface area contributed by atoms with Gasteiger partial charge >= 0.3 is 0 Å².